The normalized spacial score (nSPS) is 21.7. The molecule has 0 heterocycles. The Morgan fingerprint density at radius 2 is 0.956 bits per heavy atom. The molecule has 0 aromatic heterocycles. The van der Waals surface area contributed by atoms with Gasteiger partial charge in [0, 0.05) is 12.8 Å². The minimum atomic E-state index is -4.52. The lowest BCUT2D eigenvalue weighted by Gasteiger charge is -2.28. The number of aliphatic hydroxyl groups is 2. The van der Waals surface area contributed by atoms with Crippen LogP contribution in [0.25, 0.3) is 0 Å². The number of sulfone groups is 1. The fourth-order valence-electron chi connectivity index (χ4n) is 6.56. The molecule has 2 amide bonds. The minimum absolute atomic E-state index is 0.160. The predicted molar refractivity (Wildman–Crippen MR) is 171 cm³/mol. The van der Waals surface area contributed by atoms with Crippen LogP contribution in [0.2, 0.25) is 0 Å². The third-order valence-electron chi connectivity index (χ3n) is 8.91. The number of hydrogen-bond donors (Lipinski definition) is 4. The summed E-state index contributed by atoms with van der Waals surface area (Å²) in [6.45, 7) is 0. The van der Waals surface area contributed by atoms with Gasteiger partial charge in [-0.3, -0.25) is 9.59 Å². The second-order valence-electron chi connectivity index (χ2n) is 11.9. The summed E-state index contributed by atoms with van der Waals surface area (Å²) in [6.07, 6.45) is -1.49. The number of aliphatic hydroxyl groups excluding tert-OH is 2. The Labute approximate surface area is 263 Å². The Morgan fingerprint density at radius 1 is 0.600 bits per heavy atom. The molecule has 232 valence electrons. The van der Waals surface area contributed by atoms with Crippen LogP contribution in [0.3, 0.4) is 0 Å². The molecule has 0 bridgehead atoms. The molecule has 2 aliphatic rings. The number of amides is 2. The fourth-order valence-corrected chi connectivity index (χ4v) is 8.54. The molecule has 2 unspecified atom stereocenters. The van der Waals surface area contributed by atoms with Crippen LogP contribution in [0.5, 0.6) is 0 Å². The van der Waals surface area contributed by atoms with Crippen molar-refractivity contribution in [3.63, 3.8) is 0 Å². The van der Waals surface area contributed by atoms with Gasteiger partial charge in [-0.05, 0) is 46.2 Å². The maximum absolute atomic E-state index is 14.7. The highest BCUT2D eigenvalue weighted by Gasteiger charge is 2.45. The molecule has 9 heteroatoms. The first-order chi connectivity index (χ1) is 21.7. The van der Waals surface area contributed by atoms with Crippen LogP contribution < -0.4 is 10.6 Å². The molecule has 6 rings (SSSR count). The van der Waals surface area contributed by atoms with E-state index in [4.69, 9.17) is 0 Å². The van der Waals surface area contributed by atoms with Crippen molar-refractivity contribution < 1.29 is 28.2 Å². The van der Waals surface area contributed by atoms with Gasteiger partial charge in [0.15, 0.2) is 9.84 Å². The number of carbonyl (C=O) groups excluding carboxylic acids is 2. The number of nitrogens with one attached hydrogen (secondary N) is 2. The van der Waals surface area contributed by atoms with Crippen LogP contribution in [-0.2, 0) is 45.1 Å². The predicted octanol–water partition coefficient (Wildman–Crippen LogP) is 3.17. The summed E-state index contributed by atoms with van der Waals surface area (Å²) in [7, 11) is -4.52. The van der Waals surface area contributed by atoms with Gasteiger partial charge in [-0.15, -0.1) is 0 Å². The van der Waals surface area contributed by atoms with Crippen molar-refractivity contribution >= 4 is 21.7 Å². The minimum Gasteiger partial charge on any atom is -0.390 e. The highest BCUT2D eigenvalue weighted by atomic mass is 32.2. The summed E-state index contributed by atoms with van der Waals surface area (Å²) in [5, 5.41) is 24.1. The summed E-state index contributed by atoms with van der Waals surface area (Å²) in [5.74, 6) is -1.56. The van der Waals surface area contributed by atoms with E-state index in [1.807, 2.05) is 48.5 Å². The van der Waals surface area contributed by atoms with Gasteiger partial charge in [-0.2, -0.15) is 0 Å². The Kier molecular flexibility index (Phi) is 8.85. The Balaban J connectivity index is 1.35. The van der Waals surface area contributed by atoms with Crippen LogP contribution >= 0.6 is 0 Å². The summed E-state index contributed by atoms with van der Waals surface area (Å²) < 4.78 is 29.4. The average Bonchev–Trinajstić information content (AvgIpc) is 3.53. The van der Waals surface area contributed by atoms with E-state index in [1.54, 1.807) is 60.7 Å². The van der Waals surface area contributed by atoms with E-state index in [0.29, 0.717) is 24.0 Å². The molecule has 0 fully saturated rings. The van der Waals surface area contributed by atoms with Gasteiger partial charge in [-0.1, -0.05) is 109 Å². The summed E-state index contributed by atoms with van der Waals surface area (Å²) in [6, 6.07) is 30.8. The molecule has 0 saturated heterocycles. The lowest BCUT2D eigenvalue weighted by atomic mass is 10.1. The first kappa shape index (κ1) is 30.7. The van der Waals surface area contributed by atoms with Crippen LogP contribution in [-0.4, -0.2) is 53.2 Å². The highest BCUT2D eigenvalue weighted by Crippen LogP contribution is 2.33. The molecule has 0 radical (unpaired) electrons. The monoisotopic (exact) mass is 624 g/mol. The number of benzene rings is 4. The SMILES string of the molecule is O=C(N[C@H]1c2ccccc2C[C@H]1O)C(Cc1ccccc1)S(=O)(=O)C(Cc1ccccc1)C(=O)N[C@H]1c2ccccc2C[C@H]1O. The Hall–Kier alpha value is -4.31. The number of fused-ring (bicyclic) bond motifs is 2. The van der Waals surface area contributed by atoms with Gasteiger partial charge in [-0.25, -0.2) is 8.42 Å². The van der Waals surface area contributed by atoms with Gasteiger partial charge in [0.25, 0.3) is 0 Å². The first-order valence-corrected chi connectivity index (χ1v) is 16.8. The zero-order valence-electron chi connectivity index (χ0n) is 24.6. The van der Waals surface area contributed by atoms with Crippen molar-refractivity contribution in [2.45, 2.75) is 60.5 Å². The molecular weight excluding hydrogens is 588 g/mol. The van der Waals surface area contributed by atoms with Gasteiger partial charge in [0.05, 0.1) is 24.3 Å². The molecule has 4 N–H and O–H groups in total. The third-order valence-corrected chi connectivity index (χ3v) is 11.3. The lowest BCUT2D eigenvalue weighted by molar-refractivity contribution is -0.122. The van der Waals surface area contributed by atoms with Crippen molar-refractivity contribution in [3.8, 4) is 0 Å². The lowest BCUT2D eigenvalue weighted by Crippen LogP contribution is -2.52. The van der Waals surface area contributed by atoms with Crippen LogP contribution in [0.1, 0.15) is 45.5 Å². The maximum Gasteiger partial charge on any atom is 0.239 e. The van der Waals surface area contributed by atoms with Crippen molar-refractivity contribution in [3.05, 3.63) is 143 Å². The molecule has 6 atom stereocenters. The van der Waals surface area contributed by atoms with Gasteiger partial charge in [0.1, 0.15) is 10.5 Å². The number of rotatable bonds is 10. The van der Waals surface area contributed by atoms with Crippen molar-refractivity contribution in [1.82, 2.24) is 10.6 Å². The third kappa shape index (κ3) is 6.42. The molecule has 2 aliphatic carbocycles. The molecular formula is C36H36N2O6S. The standard InChI is InChI=1S/C36H36N2O6S/c39-29-21-25-15-7-9-17-27(25)33(29)37-35(41)31(19-23-11-3-1-4-12-23)45(43,44)32(20-24-13-5-2-6-14-24)36(42)38-34-28-18-10-8-16-26(28)22-30(34)40/h1-18,29-34,39-40H,19-22H2,(H,37,41)(H,38,42)/t29-,30-,31?,32?,33+,34+/m1/s1. The maximum atomic E-state index is 14.7. The van der Waals surface area contributed by atoms with E-state index in [2.05, 4.69) is 10.6 Å². The summed E-state index contributed by atoms with van der Waals surface area (Å²) >= 11 is 0. The Morgan fingerprint density at radius 3 is 1.36 bits per heavy atom. The first-order valence-electron chi connectivity index (χ1n) is 15.2. The molecule has 0 aliphatic heterocycles. The second-order valence-corrected chi connectivity index (χ2v) is 14.2. The van der Waals surface area contributed by atoms with Crippen LogP contribution in [0, 0.1) is 0 Å². The van der Waals surface area contributed by atoms with Crippen molar-refractivity contribution in [2.75, 3.05) is 0 Å². The molecule has 4 aromatic carbocycles. The highest BCUT2D eigenvalue weighted by molar-refractivity contribution is 7.94. The van der Waals surface area contributed by atoms with E-state index in [-0.39, 0.29) is 12.8 Å². The summed E-state index contributed by atoms with van der Waals surface area (Å²) in [5.41, 5.74) is 4.48. The second kappa shape index (κ2) is 13.0. The van der Waals surface area contributed by atoms with E-state index < -0.39 is 56.4 Å². The van der Waals surface area contributed by atoms with E-state index in [1.165, 1.54) is 0 Å². The largest absolute Gasteiger partial charge is 0.390 e. The van der Waals surface area contributed by atoms with Crippen LogP contribution in [0.15, 0.2) is 109 Å². The summed E-state index contributed by atoms with van der Waals surface area (Å²) in [4.78, 5) is 28.1. The molecule has 0 saturated carbocycles. The zero-order chi connectivity index (χ0) is 31.6. The molecule has 8 nitrogen and oxygen atoms in total. The van der Waals surface area contributed by atoms with E-state index in [0.717, 1.165) is 22.3 Å². The molecule has 0 spiro atoms. The van der Waals surface area contributed by atoms with Gasteiger partial charge >= 0.3 is 0 Å². The zero-order valence-corrected chi connectivity index (χ0v) is 25.4. The number of hydrogen-bond acceptors (Lipinski definition) is 6. The molecule has 45 heavy (non-hydrogen) atoms. The average molecular weight is 625 g/mol. The molecule has 4 aromatic rings. The smallest absolute Gasteiger partial charge is 0.239 e. The van der Waals surface area contributed by atoms with Crippen molar-refractivity contribution in [1.29, 1.82) is 0 Å². The van der Waals surface area contributed by atoms with Crippen LogP contribution in [0.4, 0.5) is 0 Å². The van der Waals surface area contributed by atoms with E-state index in [9.17, 15) is 28.2 Å². The van der Waals surface area contributed by atoms with Crippen molar-refractivity contribution in [2.24, 2.45) is 0 Å². The number of carbonyl (C=O) groups is 2. The fraction of sp³-hybridized carbons (Fsp3) is 0.278. The quantitative estimate of drug-likeness (QED) is 0.214. The van der Waals surface area contributed by atoms with Gasteiger partial charge < -0.3 is 20.8 Å². The topological polar surface area (TPSA) is 133 Å². The Bertz CT molecular complexity index is 1650. The van der Waals surface area contributed by atoms with E-state index >= 15 is 0 Å². The van der Waals surface area contributed by atoms with Gasteiger partial charge in [0.2, 0.25) is 11.8 Å².